The minimum Gasteiger partial charge on any atom is -0.508 e. The summed E-state index contributed by atoms with van der Waals surface area (Å²) >= 11 is 0. The van der Waals surface area contributed by atoms with Crippen LogP contribution < -0.4 is 10.3 Å². The first-order valence-corrected chi connectivity index (χ1v) is 7.44. The van der Waals surface area contributed by atoms with E-state index < -0.39 is 0 Å². The molecule has 3 rings (SSSR count). The van der Waals surface area contributed by atoms with Crippen LogP contribution in [-0.2, 0) is 14.1 Å². The topological polar surface area (TPSA) is 46.1 Å². The first kappa shape index (κ1) is 15.0. The first-order valence-electron chi connectivity index (χ1n) is 7.44. The maximum absolute atomic E-state index is 12.1. The van der Waals surface area contributed by atoms with Crippen LogP contribution in [0.15, 0.2) is 47.3 Å². The van der Waals surface area contributed by atoms with Gasteiger partial charge in [0.15, 0.2) is 0 Å². The second kappa shape index (κ2) is 5.72. The van der Waals surface area contributed by atoms with Gasteiger partial charge in [-0.3, -0.25) is 0 Å². The van der Waals surface area contributed by atoms with Crippen LogP contribution in [0.5, 0.6) is 5.75 Å². The van der Waals surface area contributed by atoms with Crippen LogP contribution in [-0.4, -0.2) is 9.67 Å². The fourth-order valence-corrected chi connectivity index (χ4v) is 2.69. The number of phenols is 1. The lowest BCUT2D eigenvalue weighted by atomic mass is 10.0. The van der Waals surface area contributed by atoms with Crippen molar-refractivity contribution in [3.05, 3.63) is 69.9 Å². The van der Waals surface area contributed by atoms with Crippen molar-refractivity contribution in [2.75, 3.05) is 0 Å². The van der Waals surface area contributed by atoms with E-state index in [1.165, 1.54) is 0 Å². The summed E-state index contributed by atoms with van der Waals surface area (Å²) in [4.78, 5) is 12.1. The van der Waals surface area contributed by atoms with Crippen LogP contribution in [0.25, 0.3) is 22.9 Å². The lowest BCUT2D eigenvalue weighted by Crippen LogP contribution is -2.53. The number of aromatic hydroxyl groups is 1. The van der Waals surface area contributed by atoms with Crippen LogP contribution >= 0.6 is 0 Å². The maximum atomic E-state index is 12.1. The Labute approximate surface area is 134 Å². The molecule has 1 N–H and O–H groups in total. The summed E-state index contributed by atoms with van der Waals surface area (Å²) < 4.78 is 3.22. The van der Waals surface area contributed by atoms with Gasteiger partial charge in [0.05, 0.1) is 14.1 Å². The zero-order chi connectivity index (χ0) is 16.6. The van der Waals surface area contributed by atoms with E-state index in [2.05, 4.69) is 0 Å². The van der Waals surface area contributed by atoms with E-state index in [9.17, 15) is 9.90 Å². The molecule has 1 heterocycles. The molecule has 0 aliphatic carbocycles. The molecule has 116 valence electrons. The molecule has 0 radical (unpaired) electrons. The molecular weight excluding hydrogens is 288 g/mol. The summed E-state index contributed by atoms with van der Waals surface area (Å²) in [7, 11) is 3.51. The fourth-order valence-electron chi connectivity index (χ4n) is 2.69. The Kier molecular flexibility index (Phi) is 3.74. The second-order valence-electron chi connectivity index (χ2n) is 5.70. The molecule has 0 aliphatic heterocycles. The van der Waals surface area contributed by atoms with E-state index in [4.69, 9.17) is 0 Å². The van der Waals surface area contributed by atoms with E-state index in [-0.39, 0.29) is 11.4 Å². The van der Waals surface area contributed by atoms with E-state index >= 15 is 0 Å². The van der Waals surface area contributed by atoms with Crippen molar-refractivity contribution in [3.8, 4) is 5.75 Å². The Morgan fingerprint density at radius 1 is 1.13 bits per heavy atom. The number of aryl methyl sites for hydroxylation is 1. The molecule has 2 aromatic carbocycles. The van der Waals surface area contributed by atoms with E-state index in [0.29, 0.717) is 0 Å². The number of fused-ring (bicyclic) bond motifs is 1. The lowest BCUT2D eigenvalue weighted by molar-refractivity contribution is -0.692. The van der Waals surface area contributed by atoms with Crippen LogP contribution in [0.1, 0.15) is 17.0 Å². The van der Waals surface area contributed by atoms with Gasteiger partial charge in [0.2, 0.25) is 0 Å². The number of benzene rings is 2. The molecule has 0 amide bonds. The molecule has 0 unspecified atom stereocenters. The van der Waals surface area contributed by atoms with E-state index in [0.717, 1.165) is 27.7 Å². The molecule has 4 heteroatoms. The van der Waals surface area contributed by atoms with E-state index in [1.54, 1.807) is 35.4 Å². The van der Waals surface area contributed by atoms with Crippen molar-refractivity contribution < 1.29 is 9.67 Å². The average molecular weight is 307 g/mol. The van der Waals surface area contributed by atoms with Gasteiger partial charge in [0.1, 0.15) is 17.1 Å². The highest BCUT2D eigenvalue weighted by atomic mass is 16.3. The van der Waals surface area contributed by atoms with Crippen molar-refractivity contribution in [2.45, 2.75) is 6.92 Å². The average Bonchev–Trinajstić information content (AvgIpc) is 2.54. The van der Waals surface area contributed by atoms with Gasteiger partial charge >= 0.3 is 5.69 Å². The first-order chi connectivity index (χ1) is 11.0. The van der Waals surface area contributed by atoms with Gasteiger partial charge in [0, 0.05) is 6.07 Å². The van der Waals surface area contributed by atoms with Gasteiger partial charge in [0.25, 0.3) is 0 Å². The van der Waals surface area contributed by atoms with Crippen molar-refractivity contribution in [1.82, 2.24) is 4.57 Å². The van der Waals surface area contributed by atoms with Gasteiger partial charge in [-0.25, -0.2) is 0 Å². The smallest absolute Gasteiger partial charge is 0.498 e. The molecule has 0 bridgehead atoms. The SMILES string of the molecule is Cc1cc(/C=C/c2cc(O)cc3ccccc23)[n+](C)c(=O)n1C. The zero-order valence-electron chi connectivity index (χ0n) is 13.4. The summed E-state index contributed by atoms with van der Waals surface area (Å²) in [5.41, 5.74) is 2.57. The van der Waals surface area contributed by atoms with Crippen molar-refractivity contribution in [3.63, 3.8) is 0 Å². The molecule has 0 atom stereocenters. The largest absolute Gasteiger partial charge is 0.508 e. The number of hydrogen-bond donors (Lipinski definition) is 1. The third-order valence-corrected chi connectivity index (χ3v) is 4.16. The molecule has 23 heavy (non-hydrogen) atoms. The van der Waals surface area contributed by atoms with E-state index in [1.807, 2.05) is 49.4 Å². The number of phenolic OH excluding ortho intramolecular Hbond substituents is 1. The van der Waals surface area contributed by atoms with Gasteiger partial charge in [-0.2, -0.15) is 13.9 Å². The maximum Gasteiger partial charge on any atom is 0.498 e. The highest BCUT2D eigenvalue weighted by molar-refractivity contribution is 5.93. The van der Waals surface area contributed by atoms with Gasteiger partial charge in [-0.1, -0.05) is 30.3 Å². The van der Waals surface area contributed by atoms with Crippen LogP contribution in [0.3, 0.4) is 0 Å². The monoisotopic (exact) mass is 307 g/mol. The lowest BCUT2D eigenvalue weighted by Gasteiger charge is -2.05. The molecule has 1 aromatic heterocycles. The van der Waals surface area contributed by atoms with Crippen LogP contribution in [0, 0.1) is 6.92 Å². The minimum absolute atomic E-state index is 0.0644. The molecular formula is C19H19N2O2+. The molecule has 0 saturated heterocycles. The number of hydrogen-bond acceptors (Lipinski definition) is 2. The molecule has 0 saturated carbocycles. The molecule has 0 aliphatic rings. The normalized spacial score (nSPS) is 11.4. The number of aromatic nitrogens is 2. The summed E-state index contributed by atoms with van der Waals surface area (Å²) in [5.74, 6) is 0.230. The standard InChI is InChI=1S/C19H18N2O2/c1-13-10-16(21(3)19(23)20(13)2)9-8-15-12-17(22)11-14-6-4-5-7-18(14)15/h4-12H,1-3H3/p+1/b9-8+. The summed E-state index contributed by atoms with van der Waals surface area (Å²) in [6, 6.07) is 13.3. The third-order valence-electron chi connectivity index (χ3n) is 4.16. The molecule has 0 spiro atoms. The predicted molar refractivity (Wildman–Crippen MR) is 92.1 cm³/mol. The van der Waals surface area contributed by atoms with Gasteiger partial charge < -0.3 is 5.11 Å². The third kappa shape index (κ3) is 2.75. The number of nitrogens with zero attached hydrogens (tertiary/aromatic N) is 2. The van der Waals surface area contributed by atoms with Crippen LogP contribution in [0.2, 0.25) is 0 Å². The van der Waals surface area contributed by atoms with Crippen molar-refractivity contribution >= 4 is 22.9 Å². The molecule has 0 fully saturated rings. The Balaban J connectivity index is 2.13. The summed E-state index contributed by atoms with van der Waals surface area (Å²) in [5, 5.41) is 11.9. The highest BCUT2D eigenvalue weighted by Gasteiger charge is 2.11. The van der Waals surface area contributed by atoms with Crippen LogP contribution in [0.4, 0.5) is 0 Å². The van der Waals surface area contributed by atoms with Gasteiger partial charge in [-0.05, 0) is 41.5 Å². The highest BCUT2D eigenvalue weighted by Crippen LogP contribution is 2.25. The molecule has 3 aromatic rings. The Morgan fingerprint density at radius 3 is 2.65 bits per heavy atom. The zero-order valence-corrected chi connectivity index (χ0v) is 13.4. The Bertz CT molecular complexity index is 985. The Morgan fingerprint density at radius 2 is 1.87 bits per heavy atom. The minimum atomic E-state index is -0.0644. The predicted octanol–water partition coefficient (Wildman–Crippen LogP) is 2.55. The fraction of sp³-hybridized carbons (Fsp3) is 0.158. The second-order valence-corrected chi connectivity index (χ2v) is 5.70. The number of rotatable bonds is 2. The quantitative estimate of drug-likeness (QED) is 0.740. The Hall–Kier alpha value is -2.88. The van der Waals surface area contributed by atoms with Crippen molar-refractivity contribution in [1.29, 1.82) is 0 Å². The van der Waals surface area contributed by atoms with Gasteiger partial charge in [-0.15, -0.1) is 0 Å². The van der Waals surface area contributed by atoms with Crippen molar-refractivity contribution in [2.24, 2.45) is 14.1 Å². The summed E-state index contributed by atoms with van der Waals surface area (Å²) in [6.45, 7) is 1.91. The summed E-state index contributed by atoms with van der Waals surface area (Å²) in [6.07, 6.45) is 3.83. The molecule has 4 nitrogen and oxygen atoms in total.